The number of rotatable bonds is 9. The van der Waals surface area contributed by atoms with Crippen molar-refractivity contribution in [2.45, 2.75) is 27.2 Å². The lowest BCUT2D eigenvalue weighted by Crippen LogP contribution is -2.27. The van der Waals surface area contributed by atoms with Crippen molar-refractivity contribution in [3.63, 3.8) is 0 Å². The van der Waals surface area contributed by atoms with Crippen molar-refractivity contribution in [2.24, 2.45) is 0 Å². The van der Waals surface area contributed by atoms with Crippen molar-refractivity contribution in [1.82, 2.24) is 4.90 Å². The first-order valence-corrected chi connectivity index (χ1v) is 8.98. The highest BCUT2D eigenvalue weighted by atomic mass is 16.5. The third kappa shape index (κ3) is 5.54. The molecule has 0 aromatic heterocycles. The number of hydrogen-bond acceptors (Lipinski definition) is 2. The Hall–Kier alpha value is -2.06. The Labute approximate surface area is 146 Å². The molecule has 0 fully saturated rings. The van der Waals surface area contributed by atoms with Gasteiger partial charge in [-0.25, -0.2) is 0 Å². The molecule has 0 unspecified atom stereocenters. The van der Waals surface area contributed by atoms with E-state index in [1.807, 2.05) is 6.07 Å². The molecule has 0 saturated carbocycles. The molecule has 0 saturated heterocycles. The Kier molecular flexibility index (Phi) is 7.57. The molecule has 0 radical (unpaired) electrons. The molecule has 0 amide bonds. The standard InChI is InChI=1S/C22H29NO/c1-4-20(18-19-10-8-7-9-11-19)21-12-14-22(15-13-21)24-17-16-23(5-2)6-3/h7-15,18H,4-6,16-17H2,1-3H3. The maximum atomic E-state index is 5.87. The summed E-state index contributed by atoms with van der Waals surface area (Å²) in [7, 11) is 0. The normalized spacial score (nSPS) is 11.8. The topological polar surface area (TPSA) is 12.5 Å². The van der Waals surface area contributed by atoms with Crippen molar-refractivity contribution in [3.8, 4) is 5.75 Å². The van der Waals surface area contributed by atoms with Crippen LogP contribution < -0.4 is 4.74 Å². The van der Waals surface area contributed by atoms with Gasteiger partial charge in [0.1, 0.15) is 12.4 Å². The van der Waals surface area contributed by atoms with Crippen LogP contribution in [0.2, 0.25) is 0 Å². The van der Waals surface area contributed by atoms with Gasteiger partial charge < -0.3 is 9.64 Å². The number of hydrogen-bond donors (Lipinski definition) is 0. The Morgan fingerprint density at radius 2 is 1.58 bits per heavy atom. The van der Waals surface area contributed by atoms with Gasteiger partial charge in [-0.3, -0.25) is 0 Å². The average Bonchev–Trinajstić information content (AvgIpc) is 2.65. The molecule has 0 spiro atoms. The van der Waals surface area contributed by atoms with Crippen molar-refractivity contribution < 1.29 is 4.74 Å². The molecular weight excluding hydrogens is 294 g/mol. The van der Waals surface area contributed by atoms with Crippen LogP contribution in [0, 0.1) is 0 Å². The van der Waals surface area contributed by atoms with Crippen LogP contribution in [0.15, 0.2) is 54.6 Å². The molecule has 128 valence electrons. The zero-order chi connectivity index (χ0) is 17.2. The van der Waals surface area contributed by atoms with E-state index in [4.69, 9.17) is 4.74 Å². The van der Waals surface area contributed by atoms with Crippen LogP contribution in [0.3, 0.4) is 0 Å². The van der Waals surface area contributed by atoms with Gasteiger partial charge in [0, 0.05) is 6.54 Å². The van der Waals surface area contributed by atoms with E-state index in [1.54, 1.807) is 0 Å². The van der Waals surface area contributed by atoms with E-state index in [0.29, 0.717) is 0 Å². The summed E-state index contributed by atoms with van der Waals surface area (Å²) in [4.78, 5) is 2.37. The zero-order valence-corrected chi connectivity index (χ0v) is 15.2. The van der Waals surface area contributed by atoms with Crippen molar-refractivity contribution in [3.05, 3.63) is 65.7 Å². The molecule has 24 heavy (non-hydrogen) atoms. The van der Waals surface area contributed by atoms with Crippen LogP contribution in [0.4, 0.5) is 0 Å². The van der Waals surface area contributed by atoms with E-state index < -0.39 is 0 Å². The molecule has 2 rings (SSSR count). The van der Waals surface area contributed by atoms with Crippen LogP contribution in [-0.4, -0.2) is 31.1 Å². The van der Waals surface area contributed by atoms with Gasteiger partial charge in [-0.05, 0) is 48.3 Å². The van der Waals surface area contributed by atoms with Crippen LogP contribution in [0.1, 0.15) is 38.3 Å². The Bertz CT molecular complexity index is 612. The Morgan fingerprint density at radius 3 is 2.17 bits per heavy atom. The first kappa shape index (κ1) is 18.3. The minimum Gasteiger partial charge on any atom is -0.492 e. The third-order valence-corrected chi connectivity index (χ3v) is 4.32. The largest absolute Gasteiger partial charge is 0.492 e. The lowest BCUT2D eigenvalue weighted by molar-refractivity contribution is 0.223. The second-order valence-electron chi connectivity index (χ2n) is 5.83. The van der Waals surface area contributed by atoms with Gasteiger partial charge in [0.05, 0.1) is 0 Å². The van der Waals surface area contributed by atoms with Gasteiger partial charge in [-0.15, -0.1) is 0 Å². The highest BCUT2D eigenvalue weighted by Gasteiger charge is 2.02. The molecule has 0 heterocycles. The Morgan fingerprint density at radius 1 is 0.917 bits per heavy atom. The minimum atomic E-state index is 0.738. The SMILES string of the molecule is CCC(=Cc1ccccc1)c1ccc(OCCN(CC)CC)cc1. The second kappa shape index (κ2) is 9.94. The monoisotopic (exact) mass is 323 g/mol. The van der Waals surface area contributed by atoms with Crippen molar-refractivity contribution in [2.75, 3.05) is 26.2 Å². The quantitative estimate of drug-likeness (QED) is 0.576. The maximum absolute atomic E-state index is 5.87. The highest BCUT2D eigenvalue weighted by molar-refractivity contribution is 5.81. The summed E-state index contributed by atoms with van der Waals surface area (Å²) in [6, 6.07) is 18.9. The van der Waals surface area contributed by atoms with E-state index in [1.165, 1.54) is 16.7 Å². The van der Waals surface area contributed by atoms with Gasteiger partial charge in [0.25, 0.3) is 0 Å². The fourth-order valence-electron chi connectivity index (χ4n) is 2.74. The molecular formula is C22H29NO. The molecule has 0 bridgehead atoms. The molecule has 0 N–H and O–H groups in total. The summed E-state index contributed by atoms with van der Waals surface area (Å²) >= 11 is 0. The predicted octanol–water partition coefficient (Wildman–Crippen LogP) is 5.36. The van der Waals surface area contributed by atoms with Crippen LogP contribution in [0.25, 0.3) is 11.6 Å². The number of ether oxygens (including phenoxy) is 1. The van der Waals surface area contributed by atoms with Crippen molar-refractivity contribution in [1.29, 1.82) is 0 Å². The molecule has 0 aliphatic heterocycles. The van der Waals surface area contributed by atoms with Gasteiger partial charge >= 0.3 is 0 Å². The second-order valence-corrected chi connectivity index (χ2v) is 5.83. The summed E-state index contributed by atoms with van der Waals surface area (Å²) in [6.45, 7) is 10.4. The third-order valence-electron chi connectivity index (χ3n) is 4.32. The highest BCUT2D eigenvalue weighted by Crippen LogP contribution is 2.23. The molecule has 2 aromatic carbocycles. The lowest BCUT2D eigenvalue weighted by atomic mass is 10.0. The summed E-state index contributed by atoms with van der Waals surface area (Å²) in [5.41, 5.74) is 3.85. The van der Waals surface area contributed by atoms with Crippen LogP contribution in [-0.2, 0) is 0 Å². The number of allylic oxidation sites excluding steroid dienone is 1. The summed E-state index contributed by atoms with van der Waals surface area (Å²) < 4.78 is 5.87. The van der Waals surface area contributed by atoms with E-state index >= 15 is 0 Å². The molecule has 0 atom stereocenters. The fourth-order valence-corrected chi connectivity index (χ4v) is 2.74. The lowest BCUT2D eigenvalue weighted by Gasteiger charge is -2.18. The first-order chi connectivity index (χ1) is 11.8. The maximum Gasteiger partial charge on any atom is 0.119 e. The van der Waals surface area contributed by atoms with Gasteiger partial charge in [0.15, 0.2) is 0 Å². The molecule has 0 aliphatic rings. The van der Waals surface area contributed by atoms with Gasteiger partial charge in [-0.1, -0.05) is 69.3 Å². The van der Waals surface area contributed by atoms with E-state index in [2.05, 4.69) is 80.3 Å². The minimum absolute atomic E-state index is 0.738. The number of likely N-dealkylation sites (N-methyl/N-ethyl adjacent to an activating group) is 1. The van der Waals surface area contributed by atoms with Gasteiger partial charge in [-0.2, -0.15) is 0 Å². The zero-order valence-electron chi connectivity index (χ0n) is 15.2. The molecule has 2 heteroatoms. The van der Waals surface area contributed by atoms with Crippen LogP contribution in [0.5, 0.6) is 5.75 Å². The molecule has 2 aromatic rings. The van der Waals surface area contributed by atoms with E-state index in [9.17, 15) is 0 Å². The summed E-state index contributed by atoms with van der Waals surface area (Å²) in [5, 5.41) is 0. The number of benzene rings is 2. The Balaban J connectivity index is 1.98. The van der Waals surface area contributed by atoms with E-state index in [-0.39, 0.29) is 0 Å². The van der Waals surface area contributed by atoms with Crippen molar-refractivity contribution >= 4 is 11.6 Å². The first-order valence-electron chi connectivity index (χ1n) is 8.98. The predicted molar refractivity (Wildman–Crippen MR) is 104 cm³/mol. The summed E-state index contributed by atoms with van der Waals surface area (Å²) in [5.74, 6) is 0.945. The van der Waals surface area contributed by atoms with Gasteiger partial charge in [0.2, 0.25) is 0 Å². The fraction of sp³-hybridized carbons (Fsp3) is 0.364. The number of nitrogens with zero attached hydrogens (tertiary/aromatic N) is 1. The smallest absolute Gasteiger partial charge is 0.119 e. The van der Waals surface area contributed by atoms with E-state index in [0.717, 1.165) is 38.4 Å². The summed E-state index contributed by atoms with van der Waals surface area (Å²) in [6.07, 6.45) is 3.27. The molecule has 2 nitrogen and oxygen atoms in total. The molecule has 0 aliphatic carbocycles. The average molecular weight is 323 g/mol. The van der Waals surface area contributed by atoms with Crippen LogP contribution >= 0.6 is 0 Å².